The maximum absolute atomic E-state index is 11.2. The van der Waals surface area contributed by atoms with Crippen molar-refractivity contribution >= 4 is 0 Å². The Bertz CT molecular complexity index is 539. The molecule has 2 aliphatic rings. The standard InChI is InChI=1S/C19H29NO4/c1-2-3-4-8-11-20-12-14(21)18(23)19(24)15(16(22)17(19)20)13-9-6-5-7-10-13/h5-7,9-10,14-18,21-24H,2-4,8,11-12H2,1H3/t14-,15?,16?,17+,18+,19+/m0/s1. The van der Waals surface area contributed by atoms with Gasteiger partial charge in [0.15, 0.2) is 0 Å². The van der Waals surface area contributed by atoms with E-state index in [9.17, 15) is 20.4 Å². The average molecular weight is 335 g/mol. The van der Waals surface area contributed by atoms with Crippen LogP contribution in [0.15, 0.2) is 30.3 Å². The molecule has 0 radical (unpaired) electrons. The van der Waals surface area contributed by atoms with Gasteiger partial charge < -0.3 is 20.4 Å². The van der Waals surface area contributed by atoms with Crippen molar-refractivity contribution in [2.24, 2.45) is 0 Å². The van der Waals surface area contributed by atoms with Crippen LogP contribution in [0, 0.1) is 0 Å². The number of fused-ring (bicyclic) bond motifs is 1. The summed E-state index contributed by atoms with van der Waals surface area (Å²) in [5.74, 6) is -0.577. The second kappa shape index (κ2) is 7.10. The van der Waals surface area contributed by atoms with Crippen molar-refractivity contribution < 1.29 is 20.4 Å². The Morgan fingerprint density at radius 1 is 1.08 bits per heavy atom. The van der Waals surface area contributed by atoms with E-state index < -0.39 is 35.9 Å². The first kappa shape index (κ1) is 17.8. The molecule has 5 nitrogen and oxygen atoms in total. The highest BCUT2D eigenvalue weighted by atomic mass is 16.4. The SMILES string of the molecule is CCCCCCN1C[C@H](O)[C@@H](O)[C@@]2(O)C(c3ccccc3)C(O)[C@@H]12. The molecular formula is C19H29NO4. The zero-order chi connectivity index (χ0) is 17.3. The summed E-state index contributed by atoms with van der Waals surface area (Å²) in [6.45, 7) is 3.16. The van der Waals surface area contributed by atoms with E-state index in [4.69, 9.17) is 0 Å². The second-order valence-electron chi connectivity index (χ2n) is 7.28. The number of rotatable bonds is 6. The number of piperidine rings is 1. The molecule has 1 aliphatic carbocycles. The summed E-state index contributed by atoms with van der Waals surface area (Å²) in [6.07, 6.45) is 1.36. The Kier molecular flexibility index (Phi) is 5.27. The number of likely N-dealkylation sites (tertiary alicyclic amines) is 1. The van der Waals surface area contributed by atoms with Gasteiger partial charge >= 0.3 is 0 Å². The quantitative estimate of drug-likeness (QED) is 0.580. The van der Waals surface area contributed by atoms with Crippen molar-refractivity contribution in [3.05, 3.63) is 35.9 Å². The number of nitrogens with zero attached hydrogens (tertiary/aromatic N) is 1. The largest absolute Gasteiger partial charge is 0.391 e. The normalized spacial score (nSPS) is 39.3. The molecule has 134 valence electrons. The van der Waals surface area contributed by atoms with Crippen molar-refractivity contribution in [2.45, 2.75) is 68.5 Å². The summed E-state index contributed by atoms with van der Waals surface area (Å²) in [4.78, 5) is 1.96. The fourth-order valence-electron chi connectivity index (χ4n) is 4.52. The van der Waals surface area contributed by atoms with E-state index in [1.807, 2.05) is 35.2 Å². The average Bonchev–Trinajstić information content (AvgIpc) is 2.57. The lowest BCUT2D eigenvalue weighted by atomic mass is 9.54. The van der Waals surface area contributed by atoms with E-state index in [1.165, 1.54) is 0 Å². The summed E-state index contributed by atoms with van der Waals surface area (Å²) < 4.78 is 0. The van der Waals surface area contributed by atoms with Crippen LogP contribution < -0.4 is 0 Å². The van der Waals surface area contributed by atoms with Crippen molar-refractivity contribution in [3.8, 4) is 0 Å². The third-order valence-corrected chi connectivity index (χ3v) is 5.75. The summed E-state index contributed by atoms with van der Waals surface area (Å²) in [5.41, 5.74) is -0.716. The number of unbranched alkanes of at least 4 members (excludes halogenated alkanes) is 3. The highest BCUT2D eigenvalue weighted by Crippen LogP contribution is 2.53. The number of aliphatic hydroxyl groups excluding tert-OH is 3. The van der Waals surface area contributed by atoms with E-state index in [2.05, 4.69) is 6.92 Å². The van der Waals surface area contributed by atoms with Crippen molar-refractivity contribution in [1.29, 1.82) is 0 Å². The molecule has 2 fully saturated rings. The van der Waals surface area contributed by atoms with Gasteiger partial charge in [0.1, 0.15) is 11.7 Å². The summed E-state index contributed by atoms with van der Waals surface area (Å²) in [7, 11) is 0. The van der Waals surface area contributed by atoms with Crippen molar-refractivity contribution in [3.63, 3.8) is 0 Å². The molecule has 1 aromatic rings. The zero-order valence-corrected chi connectivity index (χ0v) is 14.3. The minimum Gasteiger partial charge on any atom is -0.391 e. The highest BCUT2D eigenvalue weighted by molar-refractivity contribution is 5.36. The third kappa shape index (κ3) is 2.78. The number of aliphatic hydroxyl groups is 4. The monoisotopic (exact) mass is 335 g/mol. The molecule has 1 heterocycles. The van der Waals surface area contributed by atoms with Gasteiger partial charge in [-0.1, -0.05) is 56.5 Å². The van der Waals surface area contributed by atoms with E-state index >= 15 is 0 Å². The van der Waals surface area contributed by atoms with Crippen LogP contribution in [0.5, 0.6) is 0 Å². The molecular weight excluding hydrogens is 306 g/mol. The van der Waals surface area contributed by atoms with Gasteiger partial charge in [-0.05, 0) is 18.5 Å². The van der Waals surface area contributed by atoms with Crippen molar-refractivity contribution in [1.82, 2.24) is 4.90 Å². The molecule has 1 aliphatic heterocycles. The van der Waals surface area contributed by atoms with Gasteiger partial charge in [0, 0.05) is 12.5 Å². The predicted molar refractivity (Wildman–Crippen MR) is 91.7 cm³/mol. The lowest BCUT2D eigenvalue weighted by Gasteiger charge is -2.65. The Balaban J connectivity index is 1.79. The van der Waals surface area contributed by atoms with E-state index in [1.54, 1.807) is 0 Å². The number of hydrogen-bond acceptors (Lipinski definition) is 5. The molecule has 24 heavy (non-hydrogen) atoms. The third-order valence-electron chi connectivity index (χ3n) is 5.75. The molecule has 1 saturated heterocycles. The first-order valence-electron chi connectivity index (χ1n) is 9.07. The minimum atomic E-state index is -1.51. The molecule has 1 aromatic carbocycles. The Hall–Kier alpha value is -0.980. The van der Waals surface area contributed by atoms with Gasteiger partial charge in [0.05, 0.1) is 18.2 Å². The van der Waals surface area contributed by atoms with Crippen LogP contribution in [-0.2, 0) is 0 Å². The first-order chi connectivity index (χ1) is 11.5. The maximum Gasteiger partial charge on any atom is 0.120 e. The van der Waals surface area contributed by atoms with Gasteiger partial charge in [-0.3, -0.25) is 4.90 Å². The fourth-order valence-corrected chi connectivity index (χ4v) is 4.52. The lowest BCUT2D eigenvalue weighted by Crippen LogP contribution is -2.83. The fraction of sp³-hybridized carbons (Fsp3) is 0.684. The van der Waals surface area contributed by atoms with Gasteiger partial charge in [0.2, 0.25) is 0 Å². The molecule has 0 bridgehead atoms. The summed E-state index contributed by atoms with van der Waals surface area (Å²) in [5, 5.41) is 42.6. The van der Waals surface area contributed by atoms with Gasteiger partial charge in [-0.25, -0.2) is 0 Å². The summed E-state index contributed by atoms with van der Waals surface area (Å²) >= 11 is 0. The van der Waals surface area contributed by atoms with Gasteiger partial charge in [0.25, 0.3) is 0 Å². The molecule has 3 rings (SSSR count). The topological polar surface area (TPSA) is 84.2 Å². The van der Waals surface area contributed by atoms with Crippen LogP contribution in [0.25, 0.3) is 0 Å². The second-order valence-corrected chi connectivity index (χ2v) is 7.28. The van der Waals surface area contributed by atoms with E-state index in [0.29, 0.717) is 6.54 Å². The number of benzene rings is 1. The van der Waals surface area contributed by atoms with E-state index in [-0.39, 0.29) is 0 Å². The van der Waals surface area contributed by atoms with Crippen LogP contribution in [0.3, 0.4) is 0 Å². The van der Waals surface area contributed by atoms with Gasteiger partial charge in [-0.15, -0.1) is 0 Å². The Labute approximate surface area is 143 Å². The molecule has 1 saturated carbocycles. The molecule has 0 spiro atoms. The molecule has 2 unspecified atom stereocenters. The number of β-amino-alcohol motifs (C(OH)–C–C–N with tert-alkyl or cyclic N) is 1. The van der Waals surface area contributed by atoms with Gasteiger partial charge in [-0.2, -0.15) is 0 Å². The van der Waals surface area contributed by atoms with Crippen LogP contribution in [0.1, 0.15) is 44.1 Å². The molecule has 4 N–H and O–H groups in total. The summed E-state index contributed by atoms with van der Waals surface area (Å²) in [6, 6.07) is 8.76. The smallest absolute Gasteiger partial charge is 0.120 e. The predicted octanol–water partition coefficient (Wildman–Crippen LogP) is 0.862. The van der Waals surface area contributed by atoms with E-state index in [0.717, 1.165) is 37.8 Å². The molecule has 6 atom stereocenters. The highest BCUT2D eigenvalue weighted by Gasteiger charge is 2.70. The van der Waals surface area contributed by atoms with Crippen molar-refractivity contribution in [2.75, 3.05) is 13.1 Å². The minimum absolute atomic E-state index is 0.291. The maximum atomic E-state index is 11.2. The van der Waals surface area contributed by atoms with Crippen LogP contribution >= 0.6 is 0 Å². The Morgan fingerprint density at radius 2 is 1.79 bits per heavy atom. The first-order valence-corrected chi connectivity index (χ1v) is 9.07. The molecule has 5 heteroatoms. The lowest BCUT2D eigenvalue weighted by molar-refractivity contribution is -0.291. The molecule has 0 amide bonds. The van der Waals surface area contributed by atoms with Crippen LogP contribution in [0.2, 0.25) is 0 Å². The Morgan fingerprint density at radius 3 is 2.46 bits per heavy atom. The van der Waals surface area contributed by atoms with Crippen LogP contribution in [-0.4, -0.2) is 68.4 Å². The van der Waals surface area contributed by atoms with Crippen LogP contribution in [0.4, 0.5) is 0 Å². The molecule has 0 aromatic heterocycles. The number of hydrogen-bond donors (Lipinski definition) is 4. The zero-order valence-electron chi connectivity index (χ0n) is 14.3.